The average molecular weight is 763 g/mol. The Bertz CT molecular complexity index is 2130. The molecule has 1 aromatic heterocycles. The number of sulfonamides is 1. The van der Waals surface area contributed by atoms with Gasteiger partial charge < -0.3 is 19.7 Å². The van der Waals surface area contributed by atoms with E-state index in [9.17, 15) is 23.3 Å². The maximum atomic E-state index is 15.1. The number of nitrogens with one attached hydrogen (secondary N) is 2. The topological polar surface area (TPSA) is 171 Å². The second-order valence-electron chi connectivity index (χ2n) is 15.0. The molecule has 6 rings (SSSR count). The molecule has 15 heteroatoms. The number of halogens is 1. The molecule has 2 saturated carbocycles. The number of aromatic nitrogens is 1. The second kappa shape index (κ2) is 14.2. The fourth-order valence-corrected chi connectivity index (χ4v) is 8.51. The Kier molecular flexibility index (Phi) is 10.1. The standard InChI is InChI=1S/C38H43ClN6O7S/c1-7-24-18-38(24,35(47)43-53(49,50)28-12-13-28)45(34(46)32(37(3,4)5)42-26-10-8-9-23(16-26)19-40)36(48)44-21-27(15-22(44)2)52-33-30-17-25(39)11-14-29(30)31(51-6)20-41-33/h7-11,14,16-17,20,22,24,27-28,32,42H,1,12-13,15,18,21H2,2-6H3,(H,43,47)/t22?,24-,27-,32+,38-/m1/s1. The molecule has 13 nitrogen and oxygen atoms in total. The van der Waals surface area contributed by atoms with Gasteiger partial charge in [-0.1, -0.05) is 44.5 Å². The van der Waals surface area contributed by atoms with Crippen LogP contribution in [0.4, 0.5) is 10.5 Å². The number of pyridine rings is 1. The fourth-order valence-electron chi connectivity index (χ4n) is 6.98. The highest BCUT2D eigenvalue weighted by Crippen LogP contribution is 2.52. The third-order valence-electron chi connectivity index (χ3n) is 10.1. The van der Waals surface area contributed by atoms with E-state index < -0.39 is 68.2 Å². The second-order valence-corrected chi connectivity index (χ2v) is 17.4. The van der Waals surface area contributed by atoms with E-state index in [4.69, 9.17) is 21.1 Å². The summed E-state index contributed by atoms with van der Waals surface area (Å²) in [6.07, 6.45) is 3.64. The van der Waals surface area contributed by atoms with Crippen LogP contribution in [-0.4, -0.2) is 83.7 Å². The van der Waals surface area contributed by atoms with Gasteiger partial charge in [0.2, 0.25) is 15.9 Å². The van der Waals surface area contributed by atoms with Gasteiger partial charge in [-0.25, -0.2) is 23.1 Å². The van der Waals surface area contributed by atoms with Crippen LogP contribution in [0.15, 0.2) is 61.3 Å². The van der Waals surface area contributed by atoms with Crippen molar-refractivity contribution in [3.63, 3.8) is 0 Å². The van der Waals surface area contributed by atoms with Crippen LogP contribution < -0.4 is 19.5 Å². The molecule has 2 aromatic carbocycles. The minimum atomic E-state index is -4.04. The molecule has 1 saturated heterocycles. The smallest absolute Gasteiger partial charge is 0.328 e. The Balaban J connectivity index is 1.37. The van der Waals surface area contributed by atoms with E-state index in [0.29, 0.717) is 46.7 Å². The van der Waals surface area contributed by atoms with Gasteiger partial charge >= 0.3 is 6.03 Å². The zero-order valence-corrected chi connectivity index (χ0v) is 31.8. The highest BCUT2D eigenvalue weighted by atomic mass is 35.5. The van der Waals surface area contributed by atoms with E-state index in [-0.39, 0.29) is 18.8 Å². The minimum absolute atomic E-state index is 0.00849. The van der Waals surface area contributed by atoms with Gasteiger partial charge in [0.25, 0.3) is 11.8 Å². The molecule has 3 aromatic rings. The Morgan fingerprint density at radius 3 is 2.55 bits per heavy atom. The number of hydrogen-bond acceptors (Lipinski definition) is 10. The molecule has 0 radical (unpaired) electrons. The van der Waals surface area contributed by atoms with Gasteiger partial charge in [-0.2, -0.15) is 5.26 Å². The van der Waals surface area contributed by atoms with Crippen LogP contribution in [0.2, 0.25) is 5.02 Å². The molecule has 4 amide bonds. The van der Waals surface area contributed by atoms with Crippen molar-refractivity contribution in [3.8, 4) is 17.7 Å². The van der Waals surface area contributed by atoms with Crippen molar-refractivity contribution in [2.75, 3.05) is 19.0 Å². The zero-order chi connectivity index (χ0) is 38.5. The molecule has 280 valence electrons. The number of nitrogens with zero attached hydrogens (tertiary/aromatic N) is 4. The number of fused-ring (bicyclic) bond motifs is 1. The molecule has 0 spiro atoms. The molecule has 53 heavy (non-hydrogen) atoms. The van der Waals surface area contributed by atoms with E-state index in [1.165, 1.54) is 18.1 Å². The van der Waals surface area contributed by atoms with Gasteiger partial charge in [-0.3, -0.25) is 14.3 Å². The number of nitriles is 1. The molecule has 5 atom stereocenters. The normalized spacial score (nSPS) is 23.0. The number of hydrogen-bond donors (Lipinski definition) is 2. The lowest BCUT2D eigenvalue weighted by Crippen LogP contribution is -2.64. The number of imide groups is 1. The van der Waals surface area contributed by atoms with Gasteiger partial charge in [0.05, 0.1) is 36.7 Å². The van der Waals surface area contributed by atoms with Gasteiger partial charge in [-0.05, 0) is 68.0 Å². The first-order valence-electron chi connectivity index (χ1n) is 17.4. The van der Waals surface area contributed by atoms with Crippen molar-refractivity contribution in [1.29, 1.82) is 5.26 Å². The number of carbonyl (C=O) groups is 3. The molecule has 3 fully saturated rings. The largest absolute Gasteiger partial charge is 0.494 e. The highest BCUT2D eigenvalue weighted by Gasteiger charge is 2.68. The van der Waals surface area contributed by atoms with Crippen LogP contribution in [0, 0.1) is 22.7 Å². The summed E-state index contributed by atoms with van der Waals surface area (Å²) in [4.78, 5) is 51.1. The zero-order valence-electron chi connectivity index (χ0n) is 30.3. The molecule has 1 unspecified atom stereocenters. The Hall–Kier alpha value is -4.87. The minimum Gasteiger partial charge on any atom is -0.494 e. The van der Waals surface area contributed by atoms with Crippen molar-refractivity contribution in [1.82, 2.24) is 19.5 Å². The van der Waals surface area contributed by atoms with E-state index in [1.54, 1.807) is 48.7 Å². The molecule has 2 aliphatic carbocycles. The number of methoxy groups -OCH3 is 1. The third-order valence-corrected chi connectivity index (χ3v) is 12.2. The Morgan fingerprint density at radius 1 is 1.19 bits per heavy atom. The molecular formula is C38H43ClN6O7S. The fraction of sp³-hybridized carbons (Fsp3) is 0.447. The lowest BCUT2D eigenvalue weighted by atomic mass is 9.85. The molecular weight excluding hydrogens is 720 g/mol. The van der Waals surface area contributed by atoms with Crippen LogP contribution in [0.5, 0.6) is 11.6 Å². The first-order valence-corrected chi connectivity index (χ1v) is 19.4. The summed E-state index contributed by atoms with van der Waals surface area (Å²) in [5.41, 5.74) is -1.88. The summed E-state index contributed by atoms with van der Waals surface area (Å²) in [5.74, 6) is -1.58. The average Bonchev–Trinajstić information content (AvgIpc) is 4.04. The number of rotatable bonds is 11. The lowest BCUT2D eigenvalue weighted by molar-refractivity contribution is -0.141. The first kappa shape index (κ1) is 37.9. The quantitative estimate of drug-likeness (QED) is 0.233. The van der Waals surface area contributed by atoms with Crippen LogP contribution >= 0.6 is 11.6 Å². The molecule has 1 aliphatic heterocycles. The summed E-state index contributed by atoms with van der Waals surface area (Å²) >= 11 is 6.33. The van der Waals surface area contributed by atoms with E-state index in [0.717, 1.165) is 10.3 Å². The lowest BCUT2D eigenvalue weighted by Gasteiger charge is -2.40. The number of urea groups is 1. The monoisotopic (exact) mass is 762 g/mol. The molecule has 0 bridgehead atoms. The SMILES string of the molecule is C=C[C@@H]1C[C@@]1(C(=O)NS(=O)(=O)C1CC1)N(C(=O)[C@H](Nc1cccc(C#N)c1)C(C)(C)C)C(=O)N1C[C@H](Oc2ncc(OC)c3ccc(Cl)cc23)CC1C. The number of benzene rings is 2. The molecule has 2 N–H and O–H groups in total. The maximum absolute atomic E-state index is 15.1. The summed E-state index contributed by atoms with van der Waals surface area (Å²) in [6.45, 7) is 11.1. The van der Waals surface area contributed by atoms with Gasteiger partial charge in [0.15, 0.2) is 0 Å². The summed E-state index contributed by atoms with van der Waals surface area (Å²) in [5, 5.41) is 13.8. The number of amides is 4. The predicted molar refractivity (Wildman–Crippen MR) is 200 cm³/mol. The van der Waals surface area contributed by atoms with Crippen molar-refractivity contribution < 1.29 is 32.3 Å². The molecule has 2 heterocycles. The van der Waals surface area contributed by atoms with E-state index in [2.05, 4.69) is 27.7 Å². The Morgan fingerprint density at radius 2 is 1.92 bits per heavy atom. The molecule has 3 aliphatic rings. The van der Waals surface area contributed by atoms with Gasteiger partial charge in [0.1, 0.15) is 23.4 Å². The van der Waals surface area contributed by atoms with Crippen molar-refractivity contribution in [2.45, 2.75) is 82.4 Å². The third kappa shape index (κ3) is 7.37. The van der Waals surface area contributed by atoms with Crippen LogP contribution in [0.25, 0.3) is 10.8 Å². The number of carbonyl (C=O) groups excluding carboxylic acids is 3. The van der Waals surface area contributed by atoms with E-state index >= 15 is 4.79 Å². The predicted octanol–water partition coefficient (Wildman–Crippen LogP) is 5.64. The van der Waals surface area contributed by atoms with Crippen LogP contribution in [-0.2, 0) is 19.6 Å². The summed E-state index contributed by atoms with van der Waals surface area (Å²) in [6, 6.07) is 11.6. The summed E-state index contributed by atoms with van der Waals surface area (Å²) in [7, 11) is -2.50. The maximum Gasteiger partial charge on any atom is 0.328 e. The number of likely N-dealkylation sites (tertiary alicyclic amines) is 1. The van der Waals surface area contributed by atoms with Gasteiger partial charge in [-0.15, -0.1) is 6.58 Å². The Labute approximate surface area is 314 Å². The van der Waals surface area contributed by atoms with Crippen molar-refractivity contribution >= 4 is 55.9 Å². The highest BCUT2D eigenvalue weighted by molar-refractivity contribution is 7.91. The van der Waals surface area contributed by atoms with Gasteiger partial charge in [0, 0.05) is 39.9 Å². The van der Waals surface area contributed by atoms with E-state index in [1.807, 2.05) is 27.7 Å². The van der Waals surface area contributed by atoms with Crippen molar-refractivity contribution in [3.05, 3.63) is 71.9 Å². The van der Waals surface area contributed by atoms with Crippen LogP contribution in [0.1, 0.15) is 58.9 Å². The first-order chi connectivity index (χ1) is 25.0. The number of ether oxygens (including phenoxy) is 2. The number of anilines is 1. The van der Waals surface area contributed by atoms with Crippen molar-refractivity contribution in [2.24, 2.45) is 11.3 Å². The summed E-state index contributed by atoms with van der Waals surface area (Å²) < 4.78 is 40.2. The van der Waals surface area contributed by atoms with Crippen LogP contribution in [0.3, 0.4) is 0 Å².